The fourth-order valence-corrected chi connectivity index (χ4v) is 1.42. The summed E-state index contributed by atoms with van der Waals surface area (Å²) in [4.78, 5) is 11.3. The molecule has 0 saturated heterocycles. The van der Waals surface area contributed by atoms with E-state index in [1.165, 1.54) is 6.07 Å². The molecule has 0 atom stereocenters. The highest BCUT2D eigenvalue weighted by molar-refractivity contribution is 9.10. The summed E-state index contributed by atoms with van der Waals surface area (Å²) in [6, 6.07) is 3.12. The van der Waals surface area contributed by atoms with E-state index in [1.807, 2.05) is 0 Å². The van der Waals surface area contributed by atoms with Crippen molar-refractivity contribution in [3.8, 4) is 5.75 Å². The molecule has 0 aromatic heterocycles. The molecule has 0 aliphatic carbocycles. The molecule has 1 rings (SSSR count). The van der Waals surface area contributed by atoms with E-state index in [1.54, 1.807) is 13.0 Å². The maximum absolute atomic E-state index is 11.3. The summed E-state index contributed by atoms with van der Waals surface area (Å²) in [6.45, 7) is 1.74. The van der Waals surface area contributed by atoms with Crippen LogP contribution in [0.4, 0.5) is 0 Å². The normalized spacial score (nSPS) is 10.1. The zero-order valence-electron chi connectivity index (χ0n) is 7.17. The van der Waals surface area contributed by atoms with Crippen molar-refractivity contribution in [3.63, 3.8) is 0 Å². The Kier molecular flexibility index (Phi) is 3.06. The second-order valence-electron chi connectivity index (χ2n) is 2.75. The summed E-state index contributed by atoms with van der Waals surface area (Å²) in [5.41, 5.74) is 6.51. The van der Waals surface area contributed by atoms with Gasteiger partial charge in [-0.3, -0.25) is 4.79 Å². The van der Waals surface area contributed by atoms with Gasteiger partial charge in [-0.2, -0.15) is 0 Å². The molecule has 0 spiro atoms. The van der Waals surface area contributed by atoms with E-state index in [0.717, 1.165) is 5.56 Å². The molecule has 0 radical (unpaired) electrons. The van der Waals surface area contributed by atoms with Gasteiger partial charge in [0.05, 0.1) is 11.0 Å². The SMILES string of the molecule is Cc1cc(O)c(Br)cc1C(=O)CN. The molecule has 70 valence electrons. The number of benzene rings is 1. The first-order valence-corrected chi connectivity index (χ1v) is 4.58. The zero-order valence-corrected chi connectivity index (χ0v) is 8.76. The summed E-state index contributed by atoms with van der Waals surface area (Å²) < 4.78 is 0.509. The topological polar surface area (TPSA) is 63.3 Å². The lowest BCUT2D eigenvalue weighted by atomic mass is 10.0. The van der Waals surface area contributed by atoms with Crippen molar-refractivity contribution < 1.29 is 9.90 Å². The maximum Gasteiger partial charge on any atom is 0.176 e. The molecule has 0 fully saturated rings. The van der Waals surface area contributed by atoms with Crippen LogP contribution < -0.4 is 5.73 Å². The maximum atomic E-state index is 11.3. The van der Waals surface area contributed by atoms with Crippen LogP contribution in [-0.2, 0) is 0 Å². The third-order valence-corrected chi connectivity index (χ3v) is 2.41. The van der Waals surface area contributed by atoms with E-state index in [2.05, 4.69) is 15.9 Å². The molecule has 1 aromatic carbocycles. The van der Waals surface area contributed by atoms with Crippen LogP contribution in [0.5, 0.6) is 5.75 Å². The molecule has 0 bridgehead atoms. The summed E-state index contributed by atoms with van der Waals surface area (Å²) >= 11 is 3.13. The van der Waals surface area contributed by atoms with Gasteiger partial charge < -0.3 is 10.8 Å². The number of phenolic OH excluding ortho intramolecular Hbond substituents is 1. The first-order chi connectivity index (χ1) is 6.06. The van der Waals surface area contributed by atoms with Gasteiger partial charge in [0.2, 0.25) is 0 Å². The van der Waals surface area contributed by atoms with Crippen LogP contribution in [0.15, 0.2) is 16.6 Å². The molecule has 3 nitrogen and oxygen atoms in total. The second-order valence-corrected chi connectivity index (χ2v) is 3.60. The Morgan fingerprint density at radius 3 is 2.77 bits per heavy atom. The number of aromatic hydroxyl groups is 1. The van der Waals surface area contributed by atoms with Crippen molar-refractivity contribution >= 4 is 21.7 Å². The van der Waals surface area contributed by atoms with E-state index in [9.17, 15) is 9.90 Å². The zero-order chi connectivity index (χ0) is 10.0. The van der Waals surface area contributed by atoms with Crippen LogP contribution >= 0.6 is 15.9 Å². The fourth-order valence-electron chi connectivity index (χ4n) is 1.08. The summed E-state index contributed by atoms with van der Waals surface area (Å²) in [7, 11) is 0. The van der Waals surface area contributed by atoms with Crippen molar-refractivity contribution in [2.75, 3.05) is 6.54 Å². The Morgan fingerprint density at radius 2 is 2.23 bits per heavy atom. The number of Topliss-reactive ketones (excluding diaryl/α,β-unsaturated/α-hetero) is 1. The Labute approximate surface area is 84.7 Å². The Bertz CT molecular complexity index is 350. The Balaban J connectivity index is 3.23. The number of rotatable bonds is 2. The number of nitrogens with two attached hydrogens (primary N) is 1. The molecule has 0 aliphatic heterocycles. The first-order valence-electron chi connectivity index (χ1n) is 3.78. The third-order valence-electron chi connectivity index (χ3n) is 1.78. The molecule has 0 unspecified atom stereocenters. The minimum atomic E-state index is -0.127. The van der Waals surface area contributed by atoms with Crippen molar-refractivity contribution in [2.24, 2.45) is 5.73 Å². The fraction of sp³-hybridized carbons (Fsp3) is 0.222. The van der Waals surface area contributed by atoms with Gasteiger partial charge in [0.15, 0.2) is 5.78 Å². The average Bonchev–Trinajstić information content (AvgIpc) is 2.10. The number of aryl methyl sites for hydroxylation is 1. The largest absolute Gasteiger partial charge is 0.507 e. The lowest BCUT2D eigenvalue weighted by Gasteiger charge is -2.05. The molecule has 3 N–H and O–H groups in total. The second kappa shape index (κ2) is 3.89. The van der Waals surface area contributed by atoms with Gasteiger partial charge in [0, 0.05) is 5.56 Å². The van der Waals surface area contributed by atoms with E-state index in [-0.39, 0.29) is 18.1 Å². The Morgan fingerprint density at radius 1 is 1.62 bits per heavy atom. The highest BCUT2D eigenvalue weighted by atomic mass is 79.9. The van der Waals surface area contributed by atoms with E-state index >= 15 is 0 Å². The molecule has 0 heterocycles. The van der Waals surface area contributed by atoms with E-state index in [4.69, 9.17) is 5.73 Å². The van der Waals surface area contributed by atoms with Gasteiger partial charge in [-0.1, -0.05) is 0 Å². The number of hydrogen-bond acceptors (Lipinski definition) is 3. The predicted molar refractivity (Wildman–Crippen MR) is 53.9 cm³/mol. The van der Waals surface area contributed by atoms with Crippen LogP contribution in [0.1, 0.15) is 15.9 Å². The van der Waals surface area contributed by atoms with Crippen LogP contribution in [0.2, 0.25) is 0 Å². The molecule has 13 heavy (non-hydrogen) atoms. The molecular weight excluding hydrogens is 234 g/mol. The number of carbonyl (C=O) groups is 1. The van der Waals surface area contributed by atoms with Crippen LogP contribution in [0, 0.1) is 6.92 Å². The van der Waals surface area contributed by atoms with E-state index < -0.39 is 0 Å². The molecule has 0 aliphatic rings. The van der Waals surface area contributed by atoms with Gasteiger partial charge in [-0.05, 0) is 40.5 Å². The van der Waals surface area contributed by atoms with Gasteiger partial charge >= 0.3 is 0 Å². The minimum absolute atomic E-state index is 0.0158. The van der Waals surface area contributed by atoms with Crippen LogP contribution in [0.3, 0.4) is 0 Å². The molecule has 1 aromatic rings. The van der Waals surface area contributed by atoms with Crippen LogP contribution in [0.25, 0.3) is 0 Å². The van der Waals surface area contributed by atoms with Crippen LogP contribution in [-0.4, -0.2) is 17.4 Å². The number of phenols is 1. The highest BCUT2D eigenvalue weighted by Gasteiger charge is 2.10. The average molecular weight is 244 g/mol. The quantitative estimate of drug-likeness (QED) is 0.776. The number of halogens is 1. The lowest BCUT2D eigenvalue weighted by molar-refractivity contribution is 0.100. The van der Waals surface area contributed by atoms with Crippen molar-refractivity contribution in [1.29, 1.82) is 0 Å². The molecule has 0 saturated carbocycles. The highest BCUT2D eigenvalue weighted by Crippen LogP contribution is 2.27. The number of hydrogen-bond donors (Lipinski definition) is 2. The lowest BCUT2D eigenvalue weighted by Crippen LogP contribution is -2.14. The van der Waals surface area contributed by atoms with Gasteiger partial charge in [0.1, 0.15) is 5.75 Å². The Hall–Kier alpha value is -0.870. The van der Waals surface area contributed by atoms with Gasteiger partial charge in [-0.15, -0.1) is 0 Å². The molecule has 4 heteroatoms. The van der Waals surface area contributed by atoms with Crippen molar-refractivity contribution in [2.45, 2.75) is 6.92 Å². The minimum Gasteiger partial charge on any atom is -0.507 e. The smallest absolute Gasteiger partial charge is 0.176 e. The first kappa shape index (κ1) is 10.2. The number of carbonyl (C=O) groups excluding carboxylic acids is 1. The van der Waals surface area contributed by atoms with Crippen molar-refractivity contribution in [1.82, 2.24) is 0 Å². The summed E-state index contributed by atoms with van der Waals surface area (Å²) in [5, 5.41) is 9.29. The molecule has 0 amide bonds. The molecular formula is C9H10BrNO2. The monoisotopic (exact) mass is 243 g/mol. The summed E-state index contributed by atoms with van der Waals surface area (Å²) in [6.07, 6.45) is 0. The number of ketones is 1. The predicted octanol–water partition coefficient (Wildman–Crippen LogP) is 1.60. The van der Waals surface area contributed by atoms with Gasteiger partial charge in [-0.25, -0.2) is 0 Å². The van der Waals surface area contributed by atoms with Gasteiger partial charge in [0.25, 0.3) is 0 Å². The van der Waals surface area contributed by atoms with Crippen molar-refractivity contribution in [3.05, 3.63) is 27.7 Å². The standard InChI is InChI=1S/C9H10BrNO2/c1-5-2-8(12)7(10)3-6(5)9(13)4-11/h2-3,12H,4,11H2,1H3. The third kappa shape index (κ3) is 2.08. The van der Waals surface area contributed by atoms with E-state index in [0.29, 0.717) is 10.0 Å². The summed E-state index contributed by atoms with van der Waals surface area (Å²) in [5.74, 6) is 0.00396.